The lowest BCUT2D eigenvalue weighted by atomic mass is 10.0. The molecule has 1 N–H and O–H groups in total. The normalized spacial score (nSPS) is 14.6. The molecule has 0 amide bonds. The number of carbonyl (C=O) groups is 1. The zero-order chi connectivity index (χ0) is 19.1. The van der Waals surface area contributed by atoms with Crippen molar-refractivity contribution in [1.29, 1.82) is 0 Å². The molecule has 8 heteroatoms. The number of thiazole rings is 1. The van der Waals surface area contributed by atoms with E-state index in [1.807, 2.05) is 6.07 Å². The third-order valence-electron chi connectivity index (χ3n) is 4.80. The summed E-state index contributed by atoms with van der Waals surface area (Å²) in [5.41, 5.74) is 1.98. The number of rotatable bonds is 4. The molecule has 27 heavy (non-hydrogen) atoms. The van der Waals surface area contributed by atoms with E-state index in [-0.39, 0.29) is 11.8 Å². The summed E-state index contributed by atoms with van der Waals surface area (Å²) in [5.74, 6) is -0.691. The molecule has 3 aromatic rings. The standard InChI is InChI=1S/C19H20FN3O2S2/c1-10(2)23-8-7-11-14(9-23)26-17(15(11)18(24)25-3)22-19-21-16-12(20)5-4-6-13(16)27-19/h4-6,10H,7-9H2,1-3H3,(H,21,22). The maximum absolute atomic E-state index is 13.9. The molecule has 0 unspecified atom stereocenters. The van der Waals surface area contributed by atoms with E-state index in [0.29, 0.717) is 22.3 Å². The average Bonchev–Trinajstić information content (AvgIpc) is 3.22. The molecule has 0 bridgehead atoms. The van der Waals surface area contributed by atoms with Crippen LogP contribution in [0.1, 0.15) is 34.6 Å². The van der Waals surface area contributed by atoms with E-state index < -0.39 is 0 Å². The third-order valence-corrected chi connectivity index (χ3v) is 6.86. The molecule has 1 aromatic carbocycles. The number of thiophene rings is 1. The first kappa shape index (κ1) is 18.3. The Hall–Kier alpha value is -2.03. The minimum atomic E-state index is -0.347. The molecular weight excluding hydrogens is 385 g/mol. The summed E-state index contributed by atoms with van der Waals surface area (Å²) in [4.78, 5) is 20.4. The summed E-state index contributed by atoms with van der Waals surface area (Å²) >= 11 is 2.92. The summed E-state index contributed by atoms with van der Waals surface area (Å²) in [6, 6.07) is 5.35. The largest absolute Gasteiger partial charge is 0.465 e. The molecule has 142 valence electrons. The number of benzene rings is 1. The Morgan fingerprint density at radius 2 is 2.19 bits per heavy atom. The number of carbonyl (C=O) groups excluding carboxylic acids is 1. The van der Waals surface area contributed by atoms with Crippen LogP contribution in [0.5, 0.6) is 0 Å². The second-order valence-corrected chi connectivity index (χ2v) is 8.88. The molecule has 0 spiro atoms. The molecular formula is C19H20FN3O2S2. The second kappa shape index (κ2) is 7.18. The predicted octanol–water partition coefficient (Wildman–Crippen LogP) is 4.79. The Kier molecular flexibility index (Phi) is 4.88. The van der Waals surface area contributed by atoms with Gasteiger partial charge in [0.2, 0.25) is 0 Å². The highest BCUT2D eigenvalue weighted by molar-refractivity contribution is 7.23. The zero-order valence-corrected chi connectivity index (χ0v) is 17.0. The fourth-order valence-corrected chi connectivity index (χ4v) is 5.55. The van der Waals surface area contributed by atoms with Crippen molar-refractivity contribution in [2.24, 2.45) is 0 Å². The maximum atomic E-state index is 13.9. The van der Waals surface area contributed by atoms with Crippen LogP contribution in [-0.2, 0) is 17.7 Å². The Morgan fingerprint density at radius 3 is 2.89 bits per heavy atom. The Balaban J connectivity index is 1.73. The van der Waals surface area contributed by atoms with Gasteiger partial charge in [-0.15, -0.1) is 11.3 Å². The van der Waals surface area contributed by atoms with Crippen LogP contribution < -0.4 is 5.32 Å². The Bertz CT molecular complexity index is 1010. The molecule has 1 aliphatic rings. The highest BCUT2D eigenvalue weighted by atomic mass is 32.1. The van der Waals surface area contributed by atoms with Crippen LogP contribution in [-0.4, -0.2) is 35.5 Å². The molecule has 4 rings (SSSR count). The minimum Gasteiger partial charge on any atom is -0.465 e. The van der Waals surface area contributed by atoms with E-state index in [0.717, 1.165) is 34.8 Å². The van der Waals surface area contributed by atoms with Gasteiger partial charge in [0.1, 0.15) is 16.3 Å². The van der Waals surface area contributed by atoms with E-state index in [1.54, 1.807) is 17.4 Å². The quantitative estimate of drug-likeness (QED) is 0.632. The van der Waals surface area contributed by atoms with Gasteiger partial charge in [-0.05, 0) is 38.0 Å². The summed E-state index contributed by atoms with van der Waals surface area (Å²) in [6.45, 7) is 6.08. The van der Waals surface area contributed by atoms with Gasteiger partial charge < -0.3 is 10.1 Å². The highest BCUT2D eigenvalue weighted by Gasteiger charge is 2.29. The number of hydrogen-bond acceptors (Lipinski definition) is 7. The molecule has 0 fully saturated rings. The van der Waals surface area contributed by atoms with Gasteiger partial charge in [-0.1, -0.05) is 17.4 Å². The first-order valence-electron chi connectivity index (χ1n) is 8.77. The van der Waals surface area contributed by atoms with Gasteiger partial charge in [0.25, 0.3) is 0 Å². The van der Waals surface area contributed by atoms with E-state index in [1.165, 1.54) is 29.4 Å². The predicted molar refractivity (Wildman–Crippen MR) is 108 cm³/mol. The van der Waals surface area contributed by atoms with Crippen molar-refractivity contribution in [1.82, 2.24) is 9.88 Å². The molecule has 0 atom stereocenters. The lowest BCUT2D eigenvalue weighted by molar-refractivity contribution is 0.0600. The van der Waals surface area contributed by atoms with Gasteiger partial charge in [0.05, 0.1) is 17.4 Å². The van der Waals surface area contributed by atoms with E-state index in [9.17, 15) is 9.18 Å². The zero-order valence-electron chi connectivity index (χ0n) is 15.3. The molecule has 1 aliphatic heterocycles. The molecule has 0 saturated heterocycles. The minimum absolute atomic E-state index is 0.344. The van der Waals surface area contributed by atoms with Gasteiger partial charge in [-0.3, -0.25) is 4.90 Å². The number of methoxy groups -OCH3 is 1. The van der Waals surface area contributed by atoms with Crippen molar-refractivity contribution in [3.63, 3.8) is 0 Å². The van der Waals surface area contributed by atoms with Crippen molar-refractivity contribution in [3.8, 4) is 0 Å². The molecule has 5 nitrogen and oxygen atoms in total. The van der Waals surface area contributed by atoms with Crippen LogP contribution in [0.4, 0.5) is 14.5 Å². The number of para-hydroxylation sites is 1. The molecule has 2 aromatic heterocycles. The molecule has 0 aliphatic carbocycles. The van der Waals surface area contributed by atoms with Crippen molar-refractivity contribution in [2.75, 3.05) is 19.0 Å². The van der Waals surface area contributed by atoms with Gasteiger partial charge in [-0.2, -0.15) is 0 Å². The maximum Gasteiger partial charge on any atom is 0.341 e. The molecule has 3 heterocycles. The number of esters is 1. The van der Waals surface area contributed by atoms with Crippen LogP contribution in [0.25, 0.3) is 10.2 Å². The lowest BCUT2D eigenvalue weighted by Gasteiger charge is -2.30. The third kappa shape index (κ3) is 3.33. The van der Waals surface area contributed by atoms with Crippen LogP contribution in [0.3, 0.4) is 0 Å². The number of nitrogens with zero attached hydrogens (tertiary/aromatic N) is 2. The fraction of sp³-hybridized carbons (Fsp3) is 0.368. The summed E-state index contributed by atoms with van der Waals surface area (Å²) in [6.07, 6.45) is 0.810. The van der Waals surface area contributed by atoms with Gasteiger partial charge in [-0.25, -0.2) is 14.2 Å². The number of hydrogen-bond donors (Lipinski definition) is 1. The average molecular weight is 406 g/mol. The summed E-state index contributed by atoms with van der Waals surface area (Å²) in [7, 11) is 1.40. The smallest absolute Gasteiger partial charge is 0.341 e. The van der Waals surface area contributed by atoms with Crippen LogP contribution in [0.2, 0.25) is 0 Å². The number of nitrogens with one attached hydrogen (secondary N) is 1. The van der Waals surface area contributed by atoms with Gasteiger partial charge in [0.15, 0.2) is 5.13 Å². The SMILES string of the molecule is COC(=O)c1c(Nc2nc3c(F)cccc3s2)sc2c1CCN(C(C)C)C2. The van der Waals surface area contributed by atoms with Gasteiger partial charge >= 0.3 is 5.97 Å². The van der Waals surface area contributed by atoms with Crippen molar-refractivity contribution >= 4 is 49.0 Å². The fourth-order valence-electron chi connectivity index (χ4n) is 3.34. The number of anilines is 2. The molecule has 0 radical (unpaired) electrons. The second-order valence-electron chi connectivity index (χ2n) is 6.74. The number of aromatic nitrogens is 1. The monoisotopic (exact) mass is 405 g/mol. The topological polar surface area (TPSA) is 54.5 Å². The van der Waals surface area contributed by atoms with Crippen molar-refractivity contribution < 1.29 is 13.9 Å². The lowest BCUT2D eigenvalue weighted by Crippen LogP contribution is -2.35. The first-order valence-corrected chi connectivity index (χ1v) is 10.4. The highest BCUT2D eigenvalue weighted by Crippen LogP contribution is 2.40. The number of halogens is 1. The Morgan fingerprint density at radius 1 is 1.37 bits per heavy atom. The first-order chi connectivity index (χ1) is 13.0. The summed E-state index contributed by atoms with van der Waals surface area (Å²) < 4.78 is 19.7. The number of ether oxygens (including phenoxy) is 1. The van der Waals surface area contributed by atoms with Crippen LogP contribution in [0.15, 0.2) is 18.2 Å². The Labute approximate surface area is 164 Å². The summed E-state index contributed by atoms with van der Waals surface area (Å²) in [5, 5.41) is 4.53. The van der Waals surface area contributed by atoms with Crippen LogP contribution in [0, 0.1) is 5.82 Å². The van der Waals surface area contributed by atoms with E-state index in [2.05, 4.69) is 29.0 Å². The van der Waals surface area contributed by atoms with E-state index >= 15 is 0 Å². The van der Waals surface area contributed by atoms with Crippen LogP contribution >= 0.6 is 22.7 Å². The van der Waals surface area contributed by atoms with Crippen molar-refractivity contribution in [2.45, 2.75) is 32.9 Å². The van der Waals surface area contributed by atoms with Gasteiger partial charge in [0, 0.05) is 24.0 Å². The number of fused-ring (bicyclic) bond motifs is 2. The van der Waals surface area contributed by atoms with Crippen molar-refractivity contribution in [3.05, 3.63) is 40.0 Å². The van der Waals surface area contributed by atoms with E-state index in [4.69, 9.17) is 4.74 Å². The molecule has 0 saturated carbocycles.